The van der Waals surface area contributed by atoms with Crippen molar-refractivity contribution in [3.8, 4) is 0 Å². The van der Waals surface area contributed by atoms with E-state index in [0.29, 0.717) is 30.6 Å². The van der Waals surface area contributed by atoms with E-state index in [0.717, 1.165) is 6.54 Å². The van der Waals surface area contributed by atoms with Gasteiger partial charge in [-0.1, -0.05) is 0 Å². The van der Waals surface area contributed by atoms with E-state index in [1.165, 1.54) is 0 Å². The van der Waals surface area contributed by atoms with E-state index in [1.807, 2.05) is 25.9 Å². The summed E-state index contributed by atoms with van der Waals surface area (Å²) in [6.45, 7) is 3.59. The van der Waals surface area contributed by atoms with Crippen molar-refractivity contribution in [1.29, 1.82) is 0 Å². The highest BCUT2D eigenvalue weighted by Gasteiger charge is 2.34. The SMILES string of the molecule is CCN(C(=O)c1ccc(C(=O)NCCN(C)C)cc1)C1CCS(=O)(=O)C1. The van der Waals surface area contributed by atoms with Crippen LogP contribution in [0, 0.1) is 0 Å². The van der Waals surface area contributed by atoms with Crippen LogP contribution in [-0.2, 0) is 9.84 Å². The number of carbonyl (C=O) groups is 2. The topological polar surface area (TPSA) is 86.8 Å². The summed E-state index contributed by atoms with van der Waals surface area (Å²) in [4.78, 5) is 28.4. The average molecular weight is 381 g/mol. The van der Waals surface area contributed by atoms with E-state index < -0.39 is 9.84 Å². The Balaban J connectivity index is 2.02. The van der Waals surface area contributed by atoms with Gasteiger partial charge in [0.25, 0.3) is 11.8 Å². The molecule has 1 fully saturated rings. The molecule has 1 aromatic rings. The molecule has 0 spiro atoms. The first-order valence-corrected chi connectivity index (χ1v) is 10.6. The van der Waals surface area contributed by atoms with Gasteiger partial charge in [-0.2, -0.15) is 0 Å². The third kappa shape index (κ3) is 5.28. The first-order chi connectivity index (χ1) is 12.2. The van der Waals surface area contributed by atoms with Crippen molar-refractivity contribution in [2.24, 2.45) is 0 Å². The number of nitrogens with zero attached hydrogens (tertiary/aromatic N) is 2. The number of nitrogens with one attached hydrogen (secondary N) is 1. The molecule has 0 aromatic heterocycles. The van der Waals surface area contributed by atoms with Crippen LogP contribution < -0.4 is 5.32 Å². The Hall–Kier alpha value is -1.93. The monoisotopic (exact) mass is 381 g/mol. The van der Waals surface area contributed by atoms with Gasteiger partial charge < -0.3 is 15.1 Å². The molecule has 1 aromatic carbocycles. The number of hydrogen-bond acceptors (Lipinski definition) is 5. The van der Waals surface area contributed by atoms with Gasteiger partial charge >= 0.3 is 0 Å². The van der Waals surface area contributed by atoms with Crippen LogP contribution in [0.5, 0.6) is 0 Å². The summed E-state index contributed by atoms with van der Waals surface area (Å²) < 4.78 is 23.4. The van der Waals surface area contributed by atoms with Crippen molar-refractivity contribution in [3.63, 3.8) is 0 Å². The Kier molecular flexibility index (Phi) is 6.77. The third-order valence-corrected chi connectivity index (χ3v) is 6.24. The second kappa shape index (κ2) is 8.64. The van der Waals surface area contributed by atoms with E-state index >= 15 is 0 Å². The molecule has 1 atom stereocenters. The summed E-state index contributed by atoms with van der Waals surface area (Å²) in [6.07, 6.45) is 0.480. The summed E-state index contributed by atoms with van der Waals surface area (Å²) >= 11 is 0. The van der Waals surface area contributed by atoms with E-state index in [2.05, 4.69) is 5.32 Å². The zero-order valence-electron chi connectivity index (χ0n) is 15.6. The molecule has 0 saturated carbocycles. The summed E-state index contributed by atoms with van der Waals surface area (Å²) in [6, 6.07) is 6.21. The molecule has 2 rings (SSSR count). The van der Waals surface area contributed by atoms with Crippen molar-refractivity contribution in [3.05, 3.63) is 35.4 Å². The van der Waals surface area contributed by atoms with Gasteiger partial charge in [0.15, 0.2) is 9.84 Å². The van der Waals surface area contributed by atoms with Crippen LogP contribution in [0.4, 0.5) is 0 Å². The Morgan fingerprint density at radius 1 is 1.15 bits per heavy atom. The fraction of sp³-hybridized carbons (Fsp3) is 0.556. The predicted octanol–water partition coefficient (Wildman–Crippen LogP) is 0.627. The molecular weight excluding hydrogens is 354 g/mol. The van der Waals surface area contributed by atoms with Crippen molar-refractivity contribution in [2.45, 2.75) is 19.4 Å². The highest BCUT2D eigenvalue weighted by molar-refractivity contribution is 7.91. The number of sulfone groups is 1. The zero-order valence-corrected chi connectivity index (χ0v) is 16.4. The molecule has 1 heterocycles. The van der Waals surface area contributed by atoms with Crippen LogP contribution >= 0.6 is 0 Å². The van der Waals surface area contributed by atoms with Crippen molar-refractivity contribution in [2.75, 3.05) is 45.2 Å². The van der Waals surface area contributed by atoms with Crippen LogP contribution in [-0.4, -0.2) is 81.3 Å². The summed E-state index contributed by atoms with van der Waals surface area (Å²) in [5, 5.41) is 2.82. The molecule has 2 amide bonds. The van der Waals surface area contributed by atoms with E-state index in [9.17, 15) is 18.0 Å². The highest BCUT2D eigenvalue weighted by Crippen LogP contribution is 2.20. The number of amides is 2. The first-order valence-electron chi connectivity index (χ1n) is 8.78. The Morgan fingerprint density at radius 2 is 1.77 bits per heavy atom. The summed E-state index contributed by atoms with van der Waals surface area (Å²) in [5.74, 6) is -0.221. The smallest absolute Gasteiger partial charge is 0.254 e. The van der Waals surface area contributed by atoms with Gasteiger partial charge in [0.05, 0.1) is 11.5 Å². The van der Waals surface area contributed by atoms with E-state index in [1.54, 1.807) is 29.2 Å². The molecule has 1 N–H and O–H groups in total. The fourth-order valence-electron chi connectivity index (χ4n) is 3.01. The fourth-order valence-corrected chi connectivity index (χ4v) is 4.74. The quantitative estimate of drug-likeness (QED) is 0.749. The average Bonchev–Trinajstić information content (AvgIpc) is 2.94. The number of benzene rings is 1. The maximum absolute atomic E-state index is 12.7. The predicted molar refractivity (Wildman–Crippen MR) is 101 cm³/mol. The van der Waals surface area contributed by atoms with Crippen LogP contribution in [0.15, 0.2) is 24.3 Å². The van der Waals surface area contributed by atoms with E-state index in [4.69, 9.17) is 0 Å². The second-order valence-corrected chi connectivity index (χ2v) is 9.01. The molecule has 26 heavy (non-hydrogen) atoms. The first kappa shape index (κ1) is 20.4. The molecule has 8 heteroatoms. The Bertz CT molecular complexity index is 744. The van der Waals surface area contributed by atoms with Gasteiger partial charge in [-0.15, -0.1) is 0 Å². The second-order valence-electron chi connectivity index (χ2n) is 6.78. The molecule has 1 aliphatic rings. The Morgan fingerprint density at radius 3 is 2.27 bits per heavy atom. The van der Waals surface area contributed by atoms with Crippen molar-refractivity contribution < 1.29 is 18.0 Å². The van der Waals surface area contributed by atoms with Crippen LogP contribution in [0.3, 0.4) is 0 Å². The van der Waals surface area contributed by atoms with Crippen LogP contribution in [0.1, 0.15) is 34.1 Å². The van der Waals surface area contributed by atoms with Crippen LogP contribution in [0.2, 0.25) is 0 Å². The molecule has 1 saturated heterocycles. The summed E-state index contributed by atoms with van der Waals surface area (Å²) in [7, 11) is 0.815. The zero-order chi connectivity index (χ0) is 19.3. The molecule has 1 aliphatic heterocycles. The molecule has 1 unspecified atom stereocenters. The van der Waals surface area contributed by atoms with E-state index in [-0.39, 0.29) is 29.4 Å². The lowest BCUT2D eigenvalue weighted by atomic mass is 10.1. The highest BCUT2D eigenvalue weighted by atomic mass is 32.2. The maximum Gasteiger partial charge on any atom is 0.254 e. The molecule has 0 aliphatic carbocycles. The largest absolute Gasteiger partial charge is 0.351 e. The maximum atomic E-state index is 12.7. The van der Waals surface area contributed by atoms with Gasteiger partial charge in [0, 0.05) is 36.8 Å². The number of carbonyl (C=O) groups excluding carboxylic acids is 2. The molecular formula is C18H27N3O4S. The third-order valence-electron chi connectivity index (χ3n) is 4.49. The molecule has 144 valence electrons. The van der Waals surface area contributed by atoms with Gasteiger partial charge in [0.1, 0.15) is 0 Å². The normalized spacial score (nSPS) is 18.7. The van der Waals surface area contributed by atoms with Crippen molar-refractivity contribution in [1.82, 2.24) is 15.1 Å². The number of hydrogen-bond donors (Lipinski definition) is 1. The Labute approximate surface area is 155 Å². The van der Waals surface area contributed by atoms with Gasteiger partial charge in [-0.05, 0) is 51.7 Å². The van der Waals surface area contributed by atoms with Gasteiger partial charge in [-0.25, -0.2) is 8.42 Å². The lowest BCUT2D eigenvalue weighted by Crippen LogP contribution is -2.41. The van der Waals surface area contributed by atoms with Gasteiger partial charge in [0.2, 0.25) is 0 Å². The lowest BCUT2D eigenvalue weighted by Gasteiger charge is -2.27. The molecule has 0 radical (unpaired) electrons. The van der Waals surface area contributed by atoms with Crippen LogP contribution in [0.25, 0.3) is 0 Å². The minimum atomic E-state index is -3.05. The standard InChI is InChI=1S/C18H27N3O4S/c1-4-21(16-9-12-26(24,25)13-16)18(23)15-7-5-14(6-8-15)17(22)19-10-11-20(2)3/h5-8,16H,4,9-13H2,1-3H3,(H,19,22). The number of rotatable bonds is 7. The molecule has 0 bridgehead atoms. The molecule has 7 nitrogen and oxygen atoms in total. The van der Waals surface area contributed by atoms with Crippen molar-refractivity contribution >= 4 is 21.7 Å². The number of likely N-dealkylation sites (N-methyl/N-ethyl adjacent to an activating group) is 1. The minimum Gasteiger partial charge on any atom is -0.351 e. The lowest BCUT2D eigenvalue weighted by molar-refractivity contribution is 0.0708. The van der Waals surface area contributed by atoms with Gasteiger partial charge in [-0.3, -0.25) is 9.59 Å². The summed E-state index contributed by atoms with van der Waals surface area (Å²) in [5.41, 5.74) is 0.952. The minimum absolute atomic E-state index is 0.0267.